The Morgan fingerprint density at radius 3 is 2.52 bits per heavy atom. The molecule has 2 N–H and O–H groups in total. The Morgan fingerprint density at radius 2 is 1.87 bits per heavy atom. The molecule has 128 valence electrons. The van der Waals surface area contributed by atoms with Crippen LogP contribution in [-0.2, 0) is 16.0 Å². The van der Waals surface area contributed by atoms with E-state index in [-0.39, 0.29) is 31.2 Å². The van der Waals surface area contributed by atoms with Crippen LogP contribution in [0.4, 0.5) is 13.2 Å². The second kappa shape index (κ2) is 8.90. The highest BCUT2D eigenvalue weighted by Gasteiger charge is 2.30. The summed E-state index contributed by atoms with van der Waals surface area (Å²) in [5.41, 5.74) is 7.07. The van der Waals surface area contributed by atoms with Gasteiger partial charge in [0.15, 0.2) is 6.61 Å². The van der Waals surface area contributed by atoms with Crippen LogP contribution in [0.25, 0.3) is 10.9 Å². The summed E-state index contributed by atoms with van der Waals surface area (Å²) in [5.74, 6) is -1.08. The van der Waals surface area contributed by atoms with Gasteiger partial charge < -0.3 is 10.5 Å². The van der Waals surface area contributed by atoms with Crippen molar-refractivity contribution in [3.05, 3.63) is 42.1 Å². The molecule has 0 fully saturated rings. The standard InChI is InChI=1S/C14H13F3N2O2.2ClH/c15-14(16,17)8-21-13(20)11(18)7-9-5-6-19-12-4-2-1-3-10(9)12;;/h1-6,11H,7-8,18H2;2*1H/t11-;;/m0../s1. The first kappa shape index (κ1) is 21.4. The third kappa shape index (κ3) is 6.21. The number of carbonyl (C=O) groups excluding carboxylic acids is 1. The van der Waals surface area contributed by atoms with Crippen LogP contribution in [-0.4, -0.2) is 29.8 Å². The number of hydrogen-bond donors (Lipinski definition) is 1. The number of benzene rings is 1. The molecule has 0 aliphatic heterocycles. The normalized spacial score (nSPS) is 12.0. The Balaban J connectivity index is 0.00000242. The van der Waals surface area contributed by atoms with E-state index in [1.165, 1.54) is 0 Å². The molecule has 1 aromatic carbocycles. The molecule has 1 aromatic heterocycles. The molecule has 0 bridgehead atoms. The van der Waals surface area contributed by atoms with Gasteiger partial charge in [-0.15, -0.1) is 24.8 Å². The summed E-state index contributed by atoms with van der Waals surface area (Å²) < 4.78 is 40.1. The average Bonchev–Trinajstić information content (AvgIpc) is 2.44. The van der Waals surface area contributed by atoms with Crippen molar-refractivity contribution in [2.24, 2.45) is 5.73 Å². The molecule has 0 saturated heterocycles. The first-order chi connectivity index (χ1) is 9.87. The molecule has 0 amide bonds. The third-order valence-electron chi connectivity index (χ3n) is 2.86. The molecule has 23 heavy (non-hydrogen) atoms. The van der Waals surface area contributed by atoms with Crippen LogP contribution < -0.4 is 5.73 Å². The number of carbonyl (C=O) groups is 1. The summed E-state index contributed by atoms with van der Waals surface area (Å²) in [7, 11) is 0. The van der Waals surface area contributed by atoms with Crippen molar-refractivity contribution in [3.8, 4) is 0 Å². The molecule has 0 unspecified atom stereocenters. The van der Waals surface area contributed by atoms with Crippen LogP contribution in [0.1, 0.15) is 5.56 Å². The quantitative estimate of drug-likeness (QED) is 0.840. The zero-order valence-electron chi connectivity index (χ0n) is 11.7. The Bertz CT molecular complexity index is 648. The third-order valence-corrected chi connectivity index (χ3v) is 2.86. The lowest BCUT2D eigenvalue weighted by Crippen LogP contribution is -2.36. The summed E-state index contributed by atoms with van der Waals surface area (Å²) in [5, 5.41) is 0.805. The van der Waals surface area contributed by atoms with Crippen molar-refractivity contribution in [1.82, 2.24) is 4.98 Å². The monoisotopic (exact) mass is 370 g/mol. The molecular formula is C14H15Cl2F3N2O2. The van der Waals surface area contributed by atoms with E-state index in [1.807, 2.05) is 12.1 Å². The van der Waals surface area contributed by atoms with Gasteiger partial charge in [-0.2, -0.15) is 13.2 Å². The van der Waals surface area contributed by atoms with Gasteiger partial charge >= 0.3 is 12.1 Å². The van der Waals surface area contributed by atoms with E-state index in [2.05, 4.69) is 9.72 Å². The first-order valence-electron chi connectivity index (χ1n) is 6.18. The number of nitrogens with zero attached hydrogens (tertiary/aromatic N) is 1. The number of rotatable bonds is 4. The van der Waals surface area contributed by atoms with Gasteiger partial charge in [0.2, 0.25) is 0 Å². The van der Waals surface area contributed by atoms with E-state index < -0.39 is 24.8 Å². The number of esters is 1. The van der Waals surface area contributed by atoms with E-state index in [1.54, 1.807) is 24.4 Å². The number of hydrogen-bond acceptors (Lipinski definition) is 4. The van der Waals surface area contributed by atoms with Gasteiger partial charge in [-0.1, -0.05) is 18.2 Å². The predicted octanol–water partition coefficient (Wildman–Crippen LogP) is 3.05. The zero-order chi connectivity index (χ0) is 15.5. The number of halogens is 5. The number of alkyl halides is 3. The second-order valence-corrected chi connectivity index (χ2v) is 4.52. The van der Waals surface area contributed by atoms with Crippen LogP contribution in [0.2, 0.25) is 0 Å². The maximum Gasteiger partial charge on any atom is 0.422 e. The van der Waals surface area contributed by atoms with E-state index in [0.29, 0.717) is 0 Å². The number of nitrogens with two attached hydrogens (primary N) is 1. The number of pyridine rings is 1. The SMILES string of the molecule is Cl.Cl.N[C@@H](Cc1ccnc2ccccc12)C(=O)OCC(F)(F)F. The lowest BCUT2D eigenvalue weighted by atomic mass is 10.0. The molecule has 0 aliphatic carbocycles. The first-order valence-corrected chi connectivity index (χ1v) is 6.18. The fourth-order valence-electron chi connectivity index (χ4n) is 1.91. The maximum atomic E-state index is 12.0. The molecule has 2 aromatic rings. The van der Waals surface area contributed by atoms with Gasteiger partial charge in [0, 0.05) is 11.6 Å². The Morgan fingerprint density at radius 1 is 1.22 bits per heavy atom. The highest BCUT2D eigenvalue weighted by Crippen LogP contribution is 2.18. The zero-order valence-corrected chi connectivity index (χ0v) is 13.4. The number of aromatic nitrogens is 1. The lowest BCUT2D eigenvalue weighted by Gasteiger charge is -2.14. The maximum absolute atomic E-state index is 12.0. The van der Waals surface area contributed by atoms with Gasteiger partial charge in [0.05, 0.1) is 5.52 Å². The van der Waals surface area contributed by atoms with E-state index in [9.17, 15) is 18.0 Å². The van der Waals surface area contributed by atoms with Gasteiger partial charge in [-0.05, 0) is 24.1 Å². The molecule has 1 heterocycles. The molecule has 2 rings (SSSR count). The number of ether oxygens (including phenoxy) is 1. The van der Waals surface area contributed by atoms with Crippen LogP contribution in [0.3, 0.4) is 0 Å². The van der Waals surface area contributed by atoms with Crippen molar-refractivity contribution in [3.63, 3.8) is 0 Å². The van der Waals surface area contributed by atoms with Crippen molar-refractivity contribution >= 4 is 41.7 Å². The molecule has 0 aliphatic rings. The lowest BCUT2D eigenvalue weighted by molar-refractivity contribution is -0.187. The smallest absolute Gasteiger partial charge is 0.422 e. The minimum absolute atomic E-state index is 0. The van der Waals surface area contributed by atoms with Crippen molar-refractivity contribution < 1.29 is 22.7 Å². The second-order valence-electron chi connectivity index (χ2n) is 4.52. The van der Waals surface area contributed by atoms with Gasteiger partial charge in [-0.25, -0.2) is 0 Å². The van der Waals surface area contributed by atoms with Crippen molar-refractivity contribution in [2.45, 2.75) is 18.6 Å². The van der Waals surface area contributed by atoms with Crippen molar-refractivity contribution in [2.75, 3.05) is 6.61 Å². The van der Waals surface area contributed by atoms with Crippen LogP contribution in [0.15, 0.2) is 36.5 Å². The largest absolute Gasteiger partial charge is 0.455 e. The summed E-state index contributed by atoms with van der Waals surface area (Å²) in [6.45, 7) is -1.63. The summed E-state index contributed by atoms with van der Waals surface area (Å²) in [4.78, 5) is 15.6. The molecule has 1 atom stereocenters. The molecule has 0 radical (unpaired) electrons. The highest BCUT2D eigenvalue weighted by atomic mass is 35.5. The van der Waals surface area contributed by atoms with Gasteiger partial charge in [-0.3, -0.25) is 9.78 Å². The molecule has 0 saturated carbocycles. The fraction of sp³-hybridized carbons (Fsp3) is 0.286. The molecule has 4 nitrogen and oxygen atoms in total. The molecule has 0 spiro atoms. The Labute approximate surface area is 143 Å². The number of para-hydroxylation sites is 1. The van der Waals surface area contributed by atoms with E-state index >= 15 is 0 Å². The van der Waals surface area contributed by atoms with E-state index in [0.717, 1.165) is 16.5 Å². The Hall–Kier alpha value is -1.57. The minimum atomic E-state index is -4.56. The topological polar surface area (TPSA) is 65.2 Å². The summed E-state index contributed by atoms with van der Waals surface area (Å²) in [6, 6.07) is 7.76. The van der Waals surface area contributed by atoms with Crippen LogP contribution in [0, 0.1) is 0 Å². The molecule has 9 heteroatoms. The van der Waals surface area contributed by atoms with Crippen molar-refractivity contribution in [1.29, 1.82) is 0 Å². The predicted molar refractivity (Wildman–Crippen MR) is 84.9 cm³/mol. The highest BCUT2D eigenvalue weighted by molar-refractivity contribution is 5.85. The van der Waals surface area contributed by atoms with Gasteiger partial charge in [0.25, 0.3) is 0 Å². The fourth-order valence-corrected chi connectivity index (χ4v) is 1.91. The number of fused-ring (bicyclic) bond motifs is 1. The Kier molecular flexibility index (Phi) is 8.30. The van der Waals surface area contributed by atoms with Crippen LogP contribution >= 0.6 is 24.8 Å². The van der Waals surface area contributed by atoms with E-state index in [4.69, 9.17) is 5.73 Å². The minimum Gasteiger partial charge on any atom is -0.455 e. The summed E-state index contributed by atoms with van der Waals surface area (Å²) >= 11 is 0. The van der Waals surface area contributed by atoms with Gasteiger partial charge in [0.1, 0.15) is 6.04 Å². The summed E-state index contributed by atoms with van der Waals surface area (Å²) in [6.07, 6.45) is -2.91. The average molecular weight is 371 g/mol. The van der Waals surface area contributed by atoms with Crippen LogP contribution in [0.5, 0.6) is 0 Å². The molecular weight excluding hydrogens is 356 g/mol.